The lowest BCUT2D eigenvalue weighted by Gasteiger charge is -2.20. The molecule has 1 aliphatic carbocycles. The van der Waals surface area contributed by atoms with Crippen molar-refractivity contribution in [3.63, 3.8) is 0 Å². The average Bonchev–Trinajstić information content (AvgIpc) is 2.92. The Morgan fingerprint density at radius 1 is 1.60 bits per heavy atom. The molecule has 3 nitrogen and oxygen atoms in total. The van der Waals surface area contributed by atoms with Crippen molar-refractivity contribution in [2.45, 2.75) is 25.4 Å². The van der Waals surface area contributed by atoms with E-state index in [0.29, 0.717) is 6.04 Å². The Kier molecular flexibility index (Phi) is 4.57. The van der Waals surface area contributed by atoms with Crippen molar-refractivity contribution in [3.8, 4) is 0 Å². The Morgan fingerprint density at radius 3 is 2.80 bits per heavy atom. The van der Waals surface area contributed by atoms with Crippen LogP contribution in [0.15, 0.2) is 17.5 Å². The molecule has 0 atom stereocenters. The average molecular weight is 247 g/mol. The van der Waals surface area contributed by atoms with Crippen molar-refractivity contribution in [1.29, 1.82) is 0 Å². The number of hydrogen-bond acceptors (Lipinski definition) is 3. The van der Waals surface area contributed by atoms with Gasteiger partial charge in [0.1, 0.15) is 0 Å². The Balaban J connectivity index is 0.00000112. The molecule has 1 fully saturated rings. The van der Waals surface area contributed by atoms with Crippen molar-refractivity contribution in [2.24, 2.45) is 5.73 Å². The number of halogens is 1. The zero-order valence-corrected chi connectivity index (χ0v) is 10.0. The first-order valence-corrected chi connectivity index (χ1v) is 5.71. The molecular weight excluding hydrogens is 232 g/mol. The van der Waals surface area contributed by atoms with E-state index in [2.05, 4.69) is 6.07 Å². The second kappa shape index (κ2) is 5.49. The normalized spacial score (nSPS) is 14.5. The number of thiophene rings is 1. The van der Waals surface area contributed by atoms with Gasteiger partial charge in [-0.25, -0.2) is 0 Å². The molecule has 1 aromatic heterocycles. The fourth-order valence-electron chi connectivity index (χ4n) is 1.49. The lowest BCUT2D eigenvalue weighted by molar-refractivity contribution is -0.130. The molecule has 0 aromatic carbocycles. The quantitative estimate of drug-likeness (QED) is 0.878. The highest BCUT2D eigenvalue weighted by molar-refractivity contribution is 7.09. The van der Waals surface area contributed by atoms with Gasteiger partial charge in [-0.2, -0.15) is 0 Å². The minimum atomic E-state index is 0. The standard InChI is InChI=1S/C10H14N2OS.ClH/c11-6-10(13)12(8-3-4-8)7-9-2-1-5-14-9;/h1-2,5,8H,3-4,6-7,11H2;1H. The molecule has 0 saturated heterocycles. The number of nitrogens with two attached hydrogens (primary N) is 1. The summed E-state index contributed by atoms with van der Waals surface area (Å²) in [6, 6.07) is 4.52. The molecule has 0 aliphatic heterocycles. The van der Waals surface area contributed by atoms with Gasteiger partial charge in [-0.1, -0.05) is 6.07 Å². The van der Waals surface area contributed by atoms with E-state index in [1.807, 2.05) is 16.3 Å². The zero-order valence-electron chi connectivity index (χ0n) is 8.39. The number of carbonyl (C=O) groups is 1. The highest BCUT2D eigenvalue weighted by Gasteiger charge is 2.31. The van der Waals surface area contributed by atoms with Crippen LogP contribution in [-0.4, -0.2) is 23.4 Å². The van der Waals surface area contributed by atoms with E-state index in [-0.39, 0.29) is 24.9 Å². The number of rotatable bonds is 4. The molecule has 15 heavy (non-hydrogen) atoms. The predicted octanol–water partition coefficient (Wildman–Crippen LogP) is 1.62. The van der Waals surface area contributed by atoms with E-state index in [9.17, 15) is 4.79 Å². The maximum atomic E-state index is 11.5. The summed E-state index contributed by atoms with van der Waals surface area (Å²) in [6.07, 6.45) is 2.27. The molecule has 0 unspecified atom stereocenters. The van der Waals surface area contributed by atoms with E-state index < -0.39 is 0 Å². The highest BCUT2D eigenvalue weighted by Crippen LogP contribution is 2.28. The lowest BCUT2D eigenvalue weighted by Crippen LogP contribution is -2.36. The molecule has 2 N–H and O–H groups in total. The smallest absolute Gasteiger partial charge is 0.236 e. The topological polar surface area (TPSA) is 46.3 Å². The molecule has 1 heterocycles. The lowest BCUT2D eigenvalue weighted by atomic mass is 10.3. The van der Waals surface area contributed by atoms with E-state index in [4.69, 9.17) is 5.73 Å². The molecule has 84 valence electrons. The Labute approximate surface area is 99.7 Å². The third-order valence-electron chi connectivity index (χ3n) is 2.39. The minimum Gasteiger partial charge on any atom is -0.333 e. The van der Waals surface area contributed by atoms with Crippen LogP contribution in [0.3, 0.4) is 0 Å². The number of carbonyl (C=O) groups excluding carboxylic acids is 1. The van der Waals surface area contributed by atoms with Gasteiger partial charge < -0.3 is 10.6 Å². The van der Waals surface area contributed by atoms with Gasteiger partial charge in [0, 0.05) is 10.9 Å². The second-order valence-electron chi connectivity index (χ2n) is 3.54. The summed E-state index contributed by atoms with van der Waals surface area (Å²) in [7, 11) is 0. The van der Waals surface area contributed by atoms with Crippen LogP contribution in [0.2, 0.25) is 0 Å². The Bertz CT molecular complexity index is 311. The molecule has 1 aliphatic rings. The maximum Gasteiger partial charge on any atom is 0.236 e. The fourth-order valence-corrected chi connectivity index (χ4v) is 2.20. The molecule has 2 rings (SSSR count). The second-order valence-corrected chi connectivity index (χ2v) is 4.57. The summed E-state index contributed by atoms with van der Waals surface area (Å²) >= 11 is 1.69. The fraction of sp³-hybridized carbons (Fsp3) is 0.500. The molecule has 5 heteroatoms. The summed E-state index contributed by atoms with van der Waals surface area (Å²) in [5, 5.41) is 2.04. The zero-order chi connectivity index (χ0) is 9.97. The van der Waals surface area contributed by atoms with E-state index in [0.717, 1.165) is 19.4 Å². The van der Waals surface area contributed by atoms with Crippen LogP contribution in [0.5, 0.6) is 0 Å². The van der Waals surface area contributed by atoms with Gasteiger partial charge in [0.05, 0.1) is 13.1 Å². The van der Waals surface area contributed by atoms with E-state index in [1.54, 1.807) is 11.3 Å². The largest absolute Gasteiger partial charge is 0.333 e. The van der Waals surface area contributed by atoms with Crippen molar-refractivity contribution in [2.75, 3.05) is 6.54 Å². The van der Waals surface area contributed by atoms with Gasteiger partial charge >= 0.3 is 0 Å². The molecule has 0 radical (unpaired) electrons. The van der Waals surface area contributed by atoms with Crippen LogP contribution >= 0.6 is 23.7 Å². The first-order chi connectivity index (χ1) is 6.81. The first-order valence-electron chi connectivity index (χ1n) is 4.83. The van der Waals surface area contributed by atoms with E-state index >= 15 is 0 Å². The van der Waals surface area contributed by atoms with Crippen LogP contribution in [0, 0.1) is 0 Å². The summed E-state index contributed by atoms with van der Waals surface area (Å²) < 4.78 is 0. The number of amides is 1. The van der Waals surface area contributed by atoms with Gasteiger partial charge in [0.25, 0.3) is 0 Å². The van der Waals surface area contributed by atoms with Crippen molar-refractivity contribution >= 4 is 29.7 Å². The minimum absolute atomic E-state index is 0. The maximum absolute atomic E-state index is 11.5. The van der Waals surface area contributed by atoms with Crippen LogP contribution in [0.4, 0.5) is 0 Å². The summed E-state index contributed by atoms with van der Waals surface area (Å²) in [4.78, 5) is 14.7. The van der Waals surface area contributed by atoms with Crippen molar-refractivity contribution < 1.29 is 4.79 Å². The van der Waals surface area contributed by atoms with Gasteiger partial charge in [-0.15, -0.1) is 23.7 Å². The van der Waals surface area contributed by atoms with Crippen LogP contribution < -0.4 is 5.73 Å². The van der Waals surface area contributed by atoms with Crippen molar-refractivity contribution in [3.05, 3.63) is 22.4 Å². The van der Waals surface area contributed by atoms with Gasteiger partial charge in [0.2, 0.25) is 5.91 Å². The monoisotopic (exact) mass is 246 g/mol. The third-order valence-corrected chi connectivity index (χ3v) is 3.25. The van der Waals surface area contributed by atoms with Gasteiger partial charge in [0.15, 0.2) is 0 Å². The predicted molar refractivity (Wildman–Crippen MR) is 64.2 cm³/mol. The van der Waals surface area contributed by atoms with Crippen LogP contribution in [0.25, 0.3) is 0 Å². The summed E-state index contributed by atoms with van der Waals surface area (Å²) in [6.45, 7) is 0.861. The SMILES string of the molecule is Cl.NCC(=O)N(Cc1cccs1)C1CC1. The molecular formula is C10H15ClN2OS. The summed E-state index contributed by atoms with van der Waals surface area (Å²) in [5.74, 6) is 0.0703. The highest BCUT2D eigenvalue weighted by atomic mass is 35.5. The van der Waals surface area contributed by atoms with Crippen LogP contribution in [-0.2, 0) is 11.3 Å². The molecule has 1 amide bonds. The van der Waals surface area contributed by atoms with Gasteiger partial charge in [-0.05, 0) is 24.3 Å². The van der Waals surface area contributed by atoms with Gasteiger partial charge in [-0.3, -0.25) is 4.79 Å². The first kappa shape index (κ1) is 12.5. The molecule has 0 spiro atoms. The molecule has 0 bridgehead atoms. The Morgan fingerprint density at radius 2 is 2.33 bits per heavy atom. The van der Waals surface area contributed by atoms with E-state index in [1.165, 1.54) is 4.88 Å². The van der Waals surface area contributed by atoms with Crippen molar-refractivity contribution in [1.82, 2.24) is 4.90 Å². The number of hydrogen-bond donors (Lipinski definition) is 1. The molecule has 1 saturated carbocycles. The number of nitrogens with zero attached hydrogens (tertiary/aromatic N) is 1. The van der Waals surface area contributed by atoms with Crippen LogP contribution in [0.1, 0.15) is 17.7 Å². The summed E-state index contributed by atoms with van der Waals surface area (Å²) in [5.41, 5.74) is 5.38. The third kappa shape index (κ3) is 3.19. The Hall–Kier alpha value is -0.580. The molecule has 1 aromatic rings.